The van der Waals surface area contributed by atoms with Crippen LogP contribution in [0, 0.1) is 17.2 Å². The normalized spacial score (nSPS) is 20.5. The van der Waals surface area contributed by atoms with E-state index >= 15 is 0 Å². The Morgan fingerprint density at radius 3 is 2.92 bits per heavy atom. The smallest absolute Gasteiger partial charge is 0.252 e. The number of nitrogens with zero attached hydrogens (tertiary/aromatic N) is 4. The molecule has 0 aliphatic heterocycles. The zero-order valence-corrected chi connectivity index (χ0v) is 14.1. The number of rotatable bonds is 5. The summed E-state index contributed by atoms with van der Waals surface area (Å²) in [6.07, 6.45) is 8.05. The maximum absolute atomic E-state index is 12.5. The zero-order chi connectivity index (χ0) is 16.6. The first kappa shape index (κ1) is 15.3. The van der Waals surface area contributed by atoms with Gasteiger partial charge in [-0.1, -0.05) is 18.1 Å². The Morgan fingerprint density at radius 1 is 1.50 bits per heavy atom. The molecule has 2 fully saturated rings. The van der Waals surface area contributed by atoms with Crippen molar-refractivity contribution in [2.45, 2.75) is 50.1 Å². The molecule has 0 aromatic carbocycles. The van der Waals surface area contributed by atoms with Crippen molar-refractivity contribution in [3.63, 3.8) is 0 Å². The number of nitrogens with one attached hydrogen (secondary N) is 1. The Bertz CT molecular complexity index is 771. The highest BCUT2D eigenvalue weighted by Gasteiger charge is 2.47. The minimum Gasteiger partial charge on any atom is -0.343 e. The Balaban J connectivity index is 0.00000182. The van der Waals surface area contributed by atoms with Gasteiger partial charge in [-0.25, -0.2) is 4.68 Å². The molecule has 2 aliphatic rings. The lowest BCUT2D eigenvalue weighted by atomic mass is 9.95. The van der Waals surface area contributed by atoms with Crippen molar-refractivity contribution in [1.29, 1.82) is 5.26 Å². The topological polar surface area (TPSA) is 83.6 Å². The van der Waals surface area contributed by atoms with Crippen LogP contribution in [0.15, 0.2) is 23.0 Å². The van der Waals surface area contributed by atoms with Crippen LogP contribution in [-0.2, 0) is 5.54 Å². The third-order valence-corrected chi connectivity index (χ3v) is 5.82. The van der Waals surface area contributed by atoms with Crippen molar-refractivity contribution in [2.75, 3.05) is 0 Å². The second-order valence-electron chi connectivity index (χ2n) is 6.74. The number of hydrogen-bond acceptors (Lipinski definition) is 5. The van der Waals surface area contributed by atoms with Crippen LogP contribution in [-0.4, -0.2) is 20.9 Å². The van der Waals surface area contributed by atoms with E-state index in [0.29, 0.717) is 11.5 Å². The minimum absolute atomic E-state index is 0. The maximum atomic E-state index is 12.5. The predicted molar refractivity (Wildman–Crippen MR) is 91.4 cm³/mol. The number of amides is 1. The molecule has 2 saturated carbocycles. The Labute approximate surface area is 146 Å². The Morgan fingerprint density at radius 2 is 2.29 bits per heavy atom. The van der Waals surface area contributed by atoms with Crippen LogP contribution >= 0.6 is 11.3 Å². The van der Waals surface area contributed by atoms with Gasteiger partial charge in [0.05, 0.1) is 23.9 Å². The van der Waals surface area contributed by atoms with Crippen LogP contribution in [0.1, 0.15) is 62.0 Å². The van der Waals surface area contributed by atoms with Crippen LogP contribution in [0.5, 0.6) is 0 Å². The molecule has 0 spiro atoms. The molecular weight excluding hydrogens is 322 g/mol. The van der Waals surface area contributed by atoms with E-state index in [4.69, 9.17) is 0 Å². The maximum Gasteiger partial charge on any atom is 0.252 e. The monoisotopic (exact) mass is 343 g/mol. The van der Waals surface area contributed by atoms with Crippen molar-refractivity contribution in [1.82, 2.24) is 20.3 Å². The molecule has 1 N–H and O–H groups in total. The first-order valence-electron chi connectivity index (χ1n) is 8.39. The minimum atomic E-state index is -0.511. The van der Waals surface area contributed by atoms with Crippen molar-refractivity contribution in [3.05, 3.63) is 34.3 Å². The van der Waals surface area contributed by atoms with Gasteiger partial charge in [-0.15, -0.1) is 5.10 Å². The summed E-state index contributed by atoms with van der Waals surface area (Å²) >= 11 is 1.51. The summed E-state index contributed by atoms with van der Waals surface area (Å²) in [6, 6.07) is 4.02. The number of aromatic nitrogens is 3. The van der Waals surface area contributed by atoms with E-state index in [9.17, 15) is 10.1 Å². The van der Waals surface area contributed by atoms with E-state index in [0.717, 1.165) is 31.4 Å². The van der Waals surface area contributed by atoms with Crippen LogP contribution in [0.2, 0.25) is 0 Å². The molecule has 0 saturated heterocycles. The molecule has 126 valence electrons. The van der Waals surface area contributed by atoms with E-state index in [2.05, 4.69) is 21.7 Å². The van der Waals surface area contributed by atoms with Gasteiger partial charge in [-0.2, -0.15) is 16.6 Å². The van der Waals surface area contributed by atoms with Gasteiger partial charge in [0.15, 0.2) is 5.54 Å². The first-order valence-corrected chi connectivity index (χ1v) is 9.33. The number of carbonyl (C=O) groups is 1. The van der Waals surface area contributed by atoms with Crippen LogP contribution in [0.3, 0.4) is 0 Å². The van der Waals surface area contributed by atoms with Gasteiger partial charge >= 0.3 is 0 Å². The largest absolute Gasteiger partial charge is 0.343 e. The summed E-state index contributed by atoms with van der Waals surface area (Å²) in [5, 5.41) is 24.7. The molecule has 1 atom stereocenters. The molecule has 4 rings (SSSR count). The molecule has 2 aromatic heterocycles. The highest BCUT2D eigenvalue weighted by Crippen LogP contribution is 2.43. The fraction of sp³-hybridized carbons (Fsp3) is 0.529. The van der Waals surface area contributed by atoms with Gasteiger partial charge in [-0.3, -0.25) is 4.79 Å². The van der Waals surface area contributed by atoms with Crippen molar-refractivity contribution in [2.24, 2.45) is 5.92 Å². The molecule has 0 unspecified atom stereocenters. The van der Waals surface area contributed by atoms with Crippen LogP contribution < -0.4 is 5.32 Å². The highest BCUT2D eigenvalue weighted by atomic mass is 32.1. The average Bonchev–Trinajstić information content (AvgIpc) is 3.11. The van der Waals surface area contributed by atoms with Gasteiger partial charge < -0.3 is 5.32 Å². The molecule has 24 heavy (non-hydrogen) atoms. The molecule has 7 heteroatoms. The third kappa shape index (κ3) is 2.71. The fourth-order valence-corrected chi connectivity index (χ4v) is 4.12. The van der Waals surface area contributed by atoms with Crippen molar-refractivity contribution in [3.8, 4) is 6.07 Å². The summed E-state index contributed by atoms with van der Waals surface area (Å²) in [6.45, 7) is 0. The standard InChI is InChI=1S/C17H19N5OS.H2/c18-11-17(6-7-17)22-9-14(20-21-22)15(12-3-1-2-4-12)19-16(23)13-5-8-24-10-13;/h5,8-10,12,15H,1-4,6-7H2,(H,19,23);1H/t15-;/m0./s1. The Hall–Kier alpha value is -2.20. The lowest BCUT2D eigenvalue weighted by Crippen LogP contribution is -2.32. The SMILES string of the molecule is N#CC1(n2cc([C@@H](NC(=O)c3ccsc3)C3CCCC3)nn2)CC1.[HH]. The van der Waals surface area contributed by atoms with E-state index in [1.807, 2.05) is 23.0 Å². The van der Waals surface area contributed by atoms with Crippen LogP contribution in [0.25, 0.3) is 0 Å². The van der Waals surface area contributed by atoms with Crippen molar-refractivity contribution < 1.29 is 6.22 Å². The highest BCUT2D eigenvalue weighted by molar-refractivity contribution is 7.08. The second-order valence-corrected chi connectivity index (χ2v) is 7.52. The lowest BCUT2D eigenvalue weighted by Gasteiger charge is -2.22. The summed E-state index contributed by atoms with van der Waals surface area (Å²) in [4.78, 5) is 12.5. The van der Waals surface area contributed by atoms with E-state index < -0.39 is 5.54 Å². The average molecular weight is 343 g/mol. The first-order chi connectivity index (χ1) is 11.7. The number of hydrogen-bond donors (Lipinski definition) is 1. The Kier molecular flexibility index (Phi) is 3.85. The molecule has 1 amide bonds. The van der Waals surface area contributed by atoms with E-state index in [1.54, 1.807) is 4.68 Å². The summed E-state index contributed by atoms with van der Waals surface area (Å²) in [5.41, 5.74) is 0.945. The molecule has 6 nitrogen and oxygen atoms in total. The van der Waals surface area contributed by atoms with Crippen LogP contribution in [0.4, 0.5) is 0 Å². The zero-order valence-electron chi connectivity index (χ0n) is 13.3. The molecular formula is C17H21N5OS. The molecule has 0 radical (unpaired) electrons. The summed E-state index contributed by atoms with van der Waals surface area (Å²) in [5.74, 6) is 0.319. The lowest BCUT2D eigenvalue weighted by molar-refractivity contribution is 0.0921. The van der Waals surface area contributed by atoms with Gasteiger partial charge in [0.2, 0.25) is 0 Å². The van der Waals surface area contributed by atoms with Gasteiger partial charge in [0.1, 0.15) is 5.69 Å². The van der Waals surface area contributed by atoms with Crippen molar-refractivity contribution >= 4 is 17.2 Å². The predicted octanol–water partition coefficient (Wildman–Crippen LogP) is 3.26. The number of thiophene rings is 1. The molecule has 2 aromatic rings. The summed E-state index contributed by atoms with van der Waals surface area (Å²) < 4.78 is 1.68. The van der Waals surface area contributed by atoms with E-state index in [1.165, 1.54) is 24.2 Å². The molecule has 2 aliphatic carbocycles. The number of carbonyl (C=O) groups excluding carboxylic acids is 1. The molecule has 0 bridgehead atoms. The second kappa shape index (κ2) is 6.02. The van der Waals surface area contributed by atoms with Gasteiger partial charge in [0, 0.05) is 6.81 Å². The fourth-order valence-electron chi connectivity index (χ4n) is 3.48. The van der Waals surface area contributed by atoms with Gasteiger partial charge in [0.25, 0.3) is 5.91 Å². The molecule has 2 heterocycles. The summed E-state index contributed by atoms with van der Waals surface area (Å²) in [7, 11) is 0. The quantitative estimate of drug-likeness (QED) is 0.903. The van der Waals surface area contributed by atoms with E-state index in [-0.39, 0.29) is 13.4 Å². The van der Waals surface area contributed by atoms with Gasteiger partial charge in [-0.05, 0) is 43.0 Å². The number of nitriles is 1. The third-order valence-electron chi connectivity index (χ3n) is 5.14.